The van der Waals surface area contributed by atoms with Crippen molar-refractivity contribution in [2.75, 3.05) is 14.2 Å². The van der Waals surface area contributed by atoms with Crippen molar-refractivity contribution in [3.05, 3.63) is 0 Å². The fourth-order valence-electron chi connectivity index (χ4n) is 0.865. The topological polar surface area (TPSA) is 72.8 Å². The summed E-state index contributed by atoms with van der Waals surface area (Å²) < 4.78 is 8.78. The molecule has 0 radical (unpaired) electrons. The van der Waals surface area contributed by atoms with Crippen molar-refractivity contribution in [1.82, 2.24) is 0 Å². The summed E-state index contributed by atoms with van der Waals surface area (Å²) in [5.41, 5.74) is 0. The second kappa shape index (κ2) is 5.53. The minimum atomic E-state index is -0.924. The summed E-state index contributed by atoms with van der Waals surface area (Å²) in [6.45, 7) is 1.42. The smallest absolute Gasteiger partial charge is 0.311 e. The van der Waals surface area contributed by atoms with Gasteiger partial charge < -0.3 is 14.6 Å². The van der Waals surface area contributed by atoms with Gasteiger partial charge in [-0.25, -0.2) is 0 Å². The van der Waals surface area contributed by atoms with E-state index in [0.717, 1.165) is 0 Å². The molecule has 0 aromatic rings. The average molecular weight is 190 g/mol. The minimum Gasteiger partial charge on any atom is -0.469 e. The molecule has 2 unspecified atom stereocenters. The first-order chi connectivity index (χ1) is 6.02. The van der Waals surface area contributed by atoms with Crippen LogP contribution >= 0.6 is 0 Å². The molecule has 2 atom stereocenters. The SMILES string of the molecule is COC(=O)CC(C(=O)OC)C(C)O. The first-order valence-electron chi connectivity index (χ1n) is 3.85. The highest BCUT2D eigenvalue weighted by Gasteiger charge is 2.27. The molecule has 0 spiro atoms. The van der Waals surface area contributed by atoms with Gasteiger partial charge in [0.25, 0.3) is 0 Å². The summed E-state index contributed by atoms with van der Waals surface area (Å²) >= 11 is 0. The number of ether oxygens (including phenoxy) is 2. The molecule has 76 valence electrons. The van der Waals surface area contributed by atoms with Crippen LogP contribution in [0, 0.1) is 5.92 Å². The highest BCUT2D eigenvalue weighted by molar-refractivity contribution is 5.80. The molecule has 0 aromatic heterocycles. The Morgan fingerprint density at radius 3 is 2.15 bits per heavy atom. The predicted octanol–water partition coefficient (Wildman–Crippen LogP) is -0.281. The lowest BCUT2D eigenvalue weighted by molar-refractivity contribution is -0.155. The van der Waals surface area contributed by atoms with E-state index in [1.807, 2.05) is 0 Å². The summed E-state index contributed by atoms with van der Waals surface area (Å²) in [5.74, 6) is -2.01. The van der Waals surface area contributed by atoms with Gasteiger partial charge in [-0.3, -0.25) is 9.59 Å². The van der Waals surface area contributed by atoms with E-state index in [1.165, 1.54) is 21.1 Å². The van der Waals surface area contributed by atoms with Gasteiger partial charge in [-0.1, -0.05) is 0 Å². The van der Waals surface area contributed by atoms with E-state index in [0.29, 0.717) is 0 Å². The Kier molecular flexibility index (Phi) is 5.06. The van der Waals surface area contributed by atoms with Gasteiger partial charge in [-0.2, -0.15) is 0 Å². The van der Waals surface area contributed by atoms with Gasteiger partial charge >= 0.3 is 11.9 Å². The van der Waals surface area contributed by atoms with E-state index in [-0.39, 0.29) is 6.42 Å². The minimum absolute atomic E-state index is 0.166. The molecule has 5 heteroatoms. The quantitative estimate of drug-likeness (QED) is 0.617. The Morgan fingerprint density at radius 1 is 1.31 bits per heavy atom. The van der Waals surface area contributed by atoms with Crippen molar-refractivity contribution in [3.63, 3.8) is 0 Å². The number of aliphatic hydroxyl groups excluding tert-OH is 1. The highest BCUT2D eigenvalue weighted by atomic mass is 16.5. The number of hydrogen-bond donors (Lipinski definition) is 1. The number of hydrogen-bond acceptors (Lipinski definition) is 5. The molecule has 0 saturated carbocycles. The van der Waals surface area contributed by atoms with Crippen LogP contribution in [0.25, 0.3) is 0 Å². The summed E-state index contributed by atoms with van der Waals surface area (Å²) in [6.07, 6.45) is -1.09. The number of rotatable bonds is 4. The Hall–Kier alpha value is -1.10. The van der Waals surface area contributed by atoms with Crippen LogP contribution < -0.4 is 0 Å². The molecule has 13 heavy (non-hydrogen) atoms. The van der Waals surface area contributed by atoms with Crippen molar-refractivity contribution < 1.29 is 24.2 Å². The third-order valence-electron chi connectivity index (χ3n) is 1.70. The molecular formula is C8H14O5. The van der Waals surface area contributed by atoms with E-state index >= 15 is 0 Å². The predicted molar refractivity (Wildman–Crippen MR) is 43.8 cm³/mol. The van der Waals surface area contributed by atoms with Crippen LogP contribution in [0.1, 0.15) is 13.3 Å². The van der Waals surface area contributed by atoms with E-state index in [1.54, 1.807) is 0 Å². The van der Waals surface area contributed by atoms with Gasteiger partial charge in [0.2, 0.25) is 0 Å². The number of carbonyl (C=O) groups excluding carboxylic acids is 2. The van der Waals surface area contributed by atoms with Crippen LogP contribution in [0.15, 0.2) is 0 Å². The highest BCUT2D eigenvalue weighted by Crippen LogP contribution is 2.11. The number of methoxy groups -OCH3 is 2. The maximum atomic E-state index is 11.0. The summed E-state index contributed by atoms with van der Waals surface area (Å²) in [4.78, 5) is 21.8. The van der Waals surface area contributed by atoms with Crippen LogP contribution in [0.3, 0.4) is 0 Å². The van der Waals surface area contributed by atoms with Gasteiger partial charge in [0.15, 0.2) is 0 Å². The van der Waals surface area contributed by atoms with Crippen molar-refractivity contribution in [2.45, 2.75) is 19.4 Å². The number of carbonyl (C=O) groups is 2. The fraction of sp³-hybridized carbons (Fsp3) is 0.750. The van der Waals surface area contributed by atoms with Crippen molar-refractivity contribution in [3.8, 4) is 0 Å². The van der Waals surface area contributed by atoms with Crippen LogP contribution in [0.4, 0.5) is 0 Å². The Balaban J connectivity index is 4.26. The first kappa shape index (κ1) is 11.9. The molecule has 0 aliphatic carbocycles. The lowest BCUT2D eigenvalue weighted by Crippen LogP contribution is -2.29. The second-order valence-corrected chi connectivity index (χ2v) is 2.65. The lowest BCUT2D eigenvalue weighted by atomic mass is 10.0. The van der Waals surface area contributed by atoms with E-state index in [2.05, 4.69) is 9.47 Å². The fourth-order valence-corrected chi connectivity index (χ4v) is 0.865. The molecule has 0 aliphatic heterocycles. The number of esters is 2. The van der Waals surface area contributed by atoms with E-state index in [4.69, 9.17) is 5.11 Å². The molecule has 1 N–H and O–H groups in total. The van der Waals surface area contributed by atoms with Crippen molar-refractivity contribution in [1.29, 1.82) is 0 Å². The van der Waals surface area contributed by atoms with Gasteiger partial charge in [0, 0.05) is 0 Å². The Bertz CT molecular complexity index is 187. The molecule has 0 fully saturated rings. The van der Waals surface area contributed by atoms with Crippen LogP contribution in [0.5, 0.6) is 0 Å². The Labute approximate surface area is 76.6 Å². The number of aliphatic hydroxyl groups is 1. The lowest BCUT2D eigenvalue weighted by Gasteiger charge is -2.15. The summed E-state index contributed by atoms with van der Waals surface area (Å²) in [6, 6.07) is 0. The molecule has 0 aromatic carbocycles. The first-order valence-corrected chi connectivity index (χ1v) is 3.85. The van der Waals surface area contributed by atoms with Gasteiger partial charge in [0.05, 0.1) is 32.7 Å². The van der Waals surface area contributed by atoms with Crippen molar-refractivity contribution >= 4 is 11.9 Å². The van der Waals surface area contributed by atoms with E-state index < -0.39 is 24.0 Å². The van der Waals surface area contributed by atoms with Crippen molar-refractivity contribution in [2.24, 2.45) is 5.92 Å². The zero-order valence-electron chi connectivity index (χ0n) is 7.94. The largest absolute Gasteiger partial charge is 0.469 e. The summed E-state index contributed by atoms with van der Waals surface area (Å²) in [7, 11) is 2.42. The van der Waals surface area contributed by atoms with Crippen LogP contribution in [0.2, 0.25) is 0 Å². The summed E-state index contributed by atoms with van der Waals surface area (Å²) in [5, 5.41) is 9.15. The van der Waals surface area contributed by atoms with Crippen LogP contribution in [-0.2, 0) is 19.1 Å². The molecule has 0 rings (SSSR count). The maximum absolute atomic E-state index is 11.0. The maximum Gasteiger partial charge on any atom is 0.311 e. The molecule has 0 heterocycles. The zero-order chi connectivity index (χ0) is 10.4. The molecule has 5 nitrogen and oxygen atoms in total. The van der Waals surface area contributed by atoms with Gasteiger partial charge in [-0.05, 0) is 6.92 Å². The zero-order valence-corrected chi connectivity index (χ0v) is 7.94. The van der Waals surface area contributed by atoms with Gasteiger partial charge in [0.1, 0.15) is 0 Å². The van der Waals surface area contributed by atoms with E-state index in [9.17, 15) is 9.59 Å². The Morgan fingerprint density at radius 2 is 1.85 bits per heavy atom. The van der Waals surface area contributed by atoms with Crippen LogP contribution in [-0.4, -0.2) is 37.4 Å². The standard InChI is InChI=1S/C8H14O5/c1-5(9)6(8(11)13-3)4-7(10)12-2/h5-6,9H,4H2,1-3H3. The monoisotopic (exact) mass is 190 g/mol. The molecule has 0 bridgehead atoms. The molecule has 0 saturated heterocycles. The van der Waals surface area contributed by atoms with Gasteiger partial charge in [-0.15, -0.1) is 0 Å². The molecule has 0 amide bonds. The molecular weight excluding hydrogens is 176 g/mol. The normalized spacial score (nSPS) is 14.5. The third kappa shape index (κ3) is 3.89. The third-order valence-corrected chi connectivity index (χ3v) is 1.70. The average Bonchev–Trinajstić information content (AvgIpc) is 2.11. The second-order valence-electron chi connectivity index (χ2n) is 2.65. The molecule has 0 aliphatic rings.